The van der Waals surface area contributed by atoms with Gasteiger partial charge in [0.2, 0.25) is 0 Å². The second-order valence-electron chi connectivity index (χ2n) is 4.49. The highest BCUT2D eigenvalue weighted by Crippen LogP contribution is 2.29. The number of carboxylic acids is 1. The van der Waals surface area contributed by atoms with Crippen LogP contribution in [0.15, 0.2) is 41.3 Å². The number of para-hydroxylation sites is 1. The first-order valence-corrected chi connectivity index (χ1v) is 8.27. The van der Waals surface area contributed by atoms with E-state index < -0.39 is 16.0 Å². The van der Waals surface area contributed by atoms with Crippen molar-refractivity contribution in [3.05, 3.63) is 57.6 Å². The molecule has 0 bridgehead atoms. The molecule has 0 atom stereocenters. The van der Waals surface area contributed by atoms with E-state index in [1.807, 2.05) is 0 Å². The molecule has 0 aromatic heterocycles. The Kier molecular flexibility index (Phi) is 4.65. The number of carbonyl (C=O) groups is 1. The minimum atomic E-state index is -4.00. The van der Waals surface area contributed by atoms with Crippen molar-refractivity contribution >= 4 is 44.9 Å². The quantitative estimate of drug-likeness (QED) is 0.869. The van der Waals surface area contributed by atoms with E-state index >= 15 is 0 Å². The molecule has 2 aromatic carbocycles. The molecule has 0 heterocycles. The number of nitrogens with one attached hydrogen (secondary N) is 1. The summed E-state index contributed by atoms with van der Waals surface area (Å²) in [6, 6.07) is 8.37. The van der Waals surface area contributed by atoms with Crippen LogP contribution in [0.1, 0.15) is 15.9 Å². The number of anilines is 1. The van der Waals surface area contributed by atoms with Crippen LogP contribution in [-0.2, 0) is 10.0 Å². The highest BCUT2D eigenvalue weighted by molar-refractivity contribution is 7.92. The van der Waals surface area contributed by atoms with Gasteiger partial charge in [-0.25, -0.2) is 13.2 Å². The first kappa shape index (κ1) is 16.6. The van der Waals surface area contributed by atoms with Gasteiger partial charge in [0.1, 0.15) is 0 Å². The zero-order valence-electron chi connectivity index (χ0n) is 11.3. The SMILES string of the molecule is Cc1cc(Cl)c(Cl)cc1S(=O)(=O)Nc1ccccc1C(=O)O. The normalized spacial score (nSPS) is 11.2. The minimum absolute atomic E-state index is 0.0273. The van der Waals surface area contributed by atoms with Gasteiger partial charge in [0.25, 0.3) is 10.0 Å². The van der Waals surface area contributed by atoms with Gasteiger partial charge in [-0.3, -0.25) is 4.72 Å². The fourth-order valence-corrected chi connectivity index (χ4v) is 3.66. The Labute approximate surface area is 137 Å². The van der Waals surface area contributed by atoms with Crippen LogP contribution >= 0.6 is 23.2 Å². The molecule has 2 N–H and O–H groups in total. The Hall–Kier alpha value is -1.76. The molecule has 0 saturated carbocycles. The van der Waals surface area contributed by atoms with Gasteiger partial charge >= 0.3 is 5.97 Å². The lowest BCUT2D eigenvalue weighted by molar-refractivity contribution is 0.0698. The summed E-state index contributed by atoms with van der Waals surface area (Å²) in [5.41, 5.74) is 0.221. The molecule has 5 nitrogen and oxygen atoms in total. The highest BCUT2D eigenvalue weighted by Gasteiger charge is 2.21. The molecule has 0 saturated heterocycles. The summed E-state index contributed by atoms with van der Waals surface area (Å²) in [4.78, 5) is 11.1. The number of hydrogen-bond donors (Lipinski definition) is 2. The van der Waals surface area contributed by atoms with E-state index in [4.69, 9.17) is 28.3 Å². The topological polar surface area (TPSA) is 83.5 Å². The number of benzene rings is 2. The summed E-state index contributed by atoms with van der Waals surface area (Å²) < 4.78 is 27.2. The van der Waals surface area contributed by atoms with Crippen molar-refractivity contribution in [2.45, 2.75) is 11.8 Å². The predicted octanol–water partition coefficient (Wildman–Crippen LogP) is 3.80. The summed E-state index contributed by atoms with van der Waals surface area (Å²) in [6.07, 6.45) is 0. The van der Waals surface area contributed by atoms with Crippen LogP contribution in [0.25, 0.3) is 0 Å². The van der Waals surface area contributed by atoms with Crippen LogP contribution in [-0.4, -0.2) is 19.5 Å². The van der Waals surface area contributed by atoms with Gasteiger partial charge in [0, 0.05) is 0 Å². The Balaban J connectivity index is 2.50. The van der Waals surface area contributed by atoms with Gasteiger partial charge in [-0.15, -0.1) is 0 Å². The van der Waals surface area contributed by atoms with E-state index in [0.29, 0.717) is 5.56 Å². The van der Waals surface area contributed by atoms with Crippen molar-refractivity contribution in [2.75, 3.05) is 4.72 Å². The molecule has 116 valence electrons. The first-order valence-electron chi connectivity index (χ1n) is 6.03. The molecule has 8 heteroatoms. The second-order valence-corrected chi connectivity index (χ2v) is 6.95. The molecule has 22 heavy (non-hydrogen) atoms. The number of rotatable bonds is 4. The molecule has 0 fully saturated rings. The number of aromatic carboxylic acids is 1. The third-order valence-corrected chi connectivity index (χ3v) is 5.14. The zero-order chi connectivity index (χ0) is 16.5. The fourth-order valence-electron chi connectivity index (χ4n) is 1.88. The summed E-state index contributed by atoms with van der Waals surface area (Å²) in [5, 5.41) is 9.43. The summed E-state index contributed by atoms with van der Waals surface area (Å²) in [5.74, 6) is -1.23. The van der Waals surface area contributed by atoms with Gasteiger partial charge in [0.05, 0.1) is 26.2 Å². The molecule has 0 unspecified atom stereocenters. The Morgan fingerprint density at radius 1 is 1.14 bits per heavy atom. The first-order chi connectivity index (χ1) is 10.2. The largest absolute Gasteiger partial charge is 0.478 e. The van der Waals surface area contributed by atoms with Gasteiger partial charge in [-0.2, -0.15) is 0 Å². The Morgan fingerprint density at radius 2 is 1.73 bits per heavy atom. The van der Waals surface area contributed by atoms with E-state index in [-0.39, 0.29) is 26.2 Å². The molecule has 0 aliphatic carbocycles. The van der Waals surface area contributed by atoms with E-state index in [9.17, 15) is 13.2 Å². The lowest BCUT2D eigenvalue weighted by atomic mass is 10.2. The highest BCUT2D eigenvalue weighted by atomic mass is 35.5. The standard InChI is InChI=1S/C14H11Cl2NO4S/c1-8-6-10(15)11(16)7-13(8)22(20,21)17-12-5-3-2-4-9(12)14(18)19/h2-7,17H,1H3,(H,18,19). The minimum Gasteiger partial charge on any atom is -0.478 e. The molecule has 0 aliphatic heterocycles. The van der Waals surface area contributed by atoms with E-state index in [2.05, 4.69) is 4.72 Å². The van der Waals surface area contributed by atoms with Crippen LogP contribution < -0.4 is 4.72 Å². The Bertz CT molecular complexity index is 850. The van der Waals surface area contributed by atoms with Crippen LogP contribution in [0.4, 0.5) is 5.69 Å². The van der Waals surface area contributed by atoms with Gasteiger partial charge < -0.3 is 5.11 Å². The van der Waals surface area contributed by atoms with E-state index in [1.165, 1.54) is 36.4 Å². The maximum Gasteiger partial charge on any atom is 0.337 e. The van der Waals surface area contributed by atoms with Crippen LogP contribution in [0.3, 0.4) is 0 Å². The lowest BCUT2D eigenvalue weighted by Crippen LogP contribution is -2.16. The smallest absolute Gasteiger partial charge is 0.337 e. The molecule has 0 spiro atoms. The maximum atomic E-state index is 12.5. The van der Waals surface area contributed by atoms with Crippen LogP contribution in [0.5, 0.6) is 0 Å². The van der Waals surface area contributed by atoms with Gasteiger partial charge in [0.15, 0.2) is 0 Å². The average molecular weight is 360 g/mol. The predicted molar refractivity (Wildman–Crippen MR) is 85.4 cm³/mol. The van der Waals surface area contributed by atoms with Gasteiger partial charge in [-0.05, 0) is 36.8 Å². The van der Waals surface area contributed by atoms with Crippen molar-refractivity contribution in [3.63, 3.8) is 0 Å². The molecular weight excluding hydrogens is 349 g/mol. The van der Waals surface area contributed by atoms with E-state index in [1.54, 1.807) is 6.92 Å². The average Bonchev–Trinajstić information content (AvgIpc) is 2.42. The van der Waals surface area contributed by atoms with Crippen molar-refractivity contribution in [2.24, 2.45) is 0 Å². The van der Waals surface area contributed by atoms with Crippen molar-refractivity contribution in [1.82, 2.24) is 0 Å². The van der Waals surface area contributed by atoms with Gasteiger partial charge in [-0.1, -0.05) is 35.3 Å². The lowest BCUT2D eigenvalue weighted by Gasteiger charge is -2.13. The van der Waals surface area contributed by atoms with Crippen LogP contribution in [0.2, 0.25) is 10.0 Å². The molecule has 0 radical (unpaired) electrons. The molecule has 0 aliphatic rings. The number of sulfonamides is 1. The number of hydrogen-bond acceptors (Lipinski definition) is 3. The summed E-state index contributed by atoms with van der Waals surface area (Å²) >= 11 is 11.7. The third-order valence-electron chi connectivity index (χ3n) is 2.91. The number of carboxylic acid groups (broad SMARTS) is 1. The van der Waals surface area contributed by atoms with Crippen molar-refractivity contribution in [1.29, 1.82) is 0 Å². The third kappa shape index (κ3) is 3.35. The van der Waals surface area contributed by atoms with Crippen molar-refractivity contribution < 1.29 is 18.3 Å². The van der Waals surface area contributed by atoms with Crippen LogP contribution in [0, 0.1) is 6.92 Å². The van der Waals surface area contributed by atoms with E-state index in [0.717, 1.165) is 0 Å². The van der Waals surface area contributed by atoms with Crippen molar-refractivity contribution in [3.8, 4) is 0 Å². The monoisotopic (exact) mass is 359 g/mol. The fraction of sp³-hybridized carbons (Fsp3) is 0.0714. The summed E-state index contributed by atoms with van der Waals surface area (Å²) in [7, 11) is -4.00. The molecular formula is C14H11Cl2NO4S. The number of halogens is 2. The zero-order valence-corrected chi connectivity index (χ0v) is 13.6. The summed E-state index contributed by atoms with van der Waals surface area (Å²) in [6.45, 7) is 1.57. The maximum absolute atomic E-state index is 12.5. The second kappa shape index (κ2) is 6.16. The number of aryl methyl sites for hydroxylation is 1. The molecule has 0 amide bonds. The molecule has 2 rings (SSSR count). The Morgan fingerprint density at radius 3 is 2.36 bits per heavy atom. The molecule has 2 aromatic rings.